The van der Waals surface area contributed by atoms with Gasteiger partial charge in [0.05, 0.1) is 11.8 Å². The summed E-state index contributed by atoms with van der Waals surface area (Å²) in [6.07, 6.45) is 4.74. The Morgan fingerprint density at radius 3 is 3.12 bits per heavy atom. The van der Waals surface area contributed by atoms with Crippen LogP contribution in [0.4, 0.5) is 10.2 Å². The summed E-state index contributed by atoms with van der Waals surface area (Å²) < 4.78 is 15.2. The Bertz CT molecular complexity index is 896. The molecule has 0 aromatic carbocycles. The number of fused-ring (bicyclic) bond motifs is 1. The van der Waals surface area contributed by atoms with Gasteiger partial charge < -0.3 is 10.2 Å². The van der Waals surface area contributed by atoms with Crippen molar-refractivity contribution in [2.75, 3.05) is 18.0 Å². The minimum Gasteiger partial charge on any atom is -0.353 e. The van der Waals surface area contributed by atoms with E-state index >= 15 is 0 Å². The van der Waals surface area contributed by atoms with Gasteiger partial charge >= 0.3 is 0 Å². The van der Waals surface area contributed by atoms with Gasteiger partial charge in [0.15, 0.2) is 11.5 Å². The highest BCUT2D eigenvalue weighted by atomic mass is 19.1. The van der Waals surface area contributed by atoms with Crippen molar-refractivity contribution in [1.82, 2.24) is 30.1 Å². The first-order valence-electron chi connectivity index (χ1n) is 7.53. The monoisotopic (exact) mass is 327 g/mol. The molecule has 0 unspecified atom stereocenters. The van der Waals surface area contributed by atoms with E-state index in [0.717, 1.165) is 25.0 Å². The van der Waals surface area contributed by atoms with E-state index in [2.05, 4.69) is 30.5 Å². The third kappa shape index (κ3) is 2.64. The van der Waals surface area contributed by atoms with Gasteiger partial charge in [0.1, 0.15) is 12.1 Å². The van der Waals surface area contributed by atoms with Crippen molar-refractivity contribution in [3.63, 3.8) is 0 Å². The molecule has 1 amide bonds. The fraction of sp³-hybridized carbons (Fsp3) is 0.267. The second-order valence-electron chi connectivity index (χ2n) is 5.59. The number of halogens is 1. The van der Waals surface area contributed by atoms with E-state index in [9.17, 15) is 9.18 Å². The Balaban J connectivity index is 1.44. The van der Waals surface area contributed by atoms with Crippen molar-refractivity contribution in [2.45, 2.75) is 12.5 Å². The first kappa shape index (κ1) is 14.5. The highest BCUT2D eigenvalue weighted by Gasteiger charge is 2.26. The number of rotatable bonds is 3. The molecular formula is C15H14FN7O. The van der Waals surface area contributed by atoms with Gasteiger partial charge in [-0.3, -0.25) is 9.78 Å². The molecule has 24 heavy (non-hydrogen) atoms. The van der Waals surface area contributed by atoms with Crippen molar-refractivity contribution in [3.8, 4) is 0 Å². The third-order valence-corrected chi connectivity index (χ3v) is 4.01. The van der Waals surface area contributed by atoms with Gasteiger partial charge in [0.2, 0.25) is 0 Å². The van der Waals surface area contributed by atoms with E-state index < -0.39 is 11.7 Å². The van der Waals surface area contributed by atoms with E-state index in [-0.39, 0.29) is 11.6 Å². The van der Waals surface area contributed by atoms with Crippen LogP contribution in [0, 0.1) is 5.82 Å². The summed E-state index contributed by atoms with van der Waals surface area (Å²) in [4.78, 5) is 17.9. The number of anilines is 1. The first-order valence-corrected chi connectivity index (χ1v) is 7.53. The number of hydrogen-bond acceptors (Lipinski definition) is 6. The molecular weight excluding hydrogens is 313 g/mol. The smallest absolute Gasteiger partial charge is 0.254 e. The molecule has 0 aliphatic carbocycles. The lowest BCUT2D eigenvalue weighted by Crippen LogP contribution is -2.37. The average molecular weight is 327 g/mol. The minimum absolute atomic E-state index is 0.00693. The topological polar surface area (TPSA) is 88.3 Å². The maximum Gasteiger partial charge on any atom is 0.254 e. The lowest BCUT2D eigenvalue weighted by atomic mass is 10.2. The summed E-state index contributed by atoms with van der Waals surface area (Å²) >= 11 is 0. The van der Waals surface area contributed by atoms with Gasteiger partial charge in [-0.2, -0.15) is 4.52 Å². The predicted octanol–water partition coefficient (Wildman–Crippen LogP) is 0.667. The molecule has 1 atom stereocenters. The van der Waals surface area contributed by atoms with Crippen LogP contribution in [0.2, 0.25) is 0 Å². The molecule has 0 bridgehead atoms. The summed E-state index contributed by atoms with van der Waals surface area (Å²) in [6.45, 7) is 1.36. The van der Waals surface area contributed by atoms with Gasteiger partial charge in [-0.25, -0.2) is 4.39 Å². The molecule has 0 saturated carbocycles. The zero-order chi connectivity index (χ0) is 16.5. The molecule has 122 valence electrons. The van der Waals surface area contributed by atoms with Crippen LogP contribution in [0.15, 0.2) is 36.9 Å². The molecule has 1 N–H and O–H groups in total. The molecule has 9 heteroatoms. The standard InChI is InChI=1S/C15H14FN7O/c16-12-7-17-5-3-11(12)15(24)19-10-4-6-22(8-10)14-2-1-13-20-18-9-23(13)21-14/h1-3,5,7,9-10H,4,6,8H2,(H,19,24)/t10-/m0/s1. The second-order valence-corrected chi connectivity index (χ2v) is 5.59. The molecule has 0 radical (unpaired) electrons. The first-order chi connectivity index (χ1) is 11.7. The molecule has 4 heterocycles. The van der Waals surface area contributed by atoms with E-state index in [0.29, 0.717) is 12.2 Å². The lowest BCUT2D eigenvalue weighted by molar-refractivity contribution is 0.0936. The van der Waals surface area contributed by atoms with Crippen LogP contribution in [-0.2, 0) is 0 Å². The third-order valence-electron chi connectivity index (χ3n) is 4.01. The van der Waals surface area contributed by atoms with Crippen LogP contribution in [-0.4, -0.2) is 49.8 Å². The quantitative estimate of drug-likeness (QED) is 0.760. The van der Waals surface area contributed by atoms with Crippen LogP contribution < -0.4 is 10.2 Å². The zero-order valence-electron chi connectivity index (χ0n) is 12.6. The molecule has 0 spiro atoms. The van der Waals surface area contributed by atoms with Crippen molar-refractivity contribution in [2.24, 2.45) is 0 Å². The molecule has 8 nitrogen and oxygen atoms in total. The van der Waals surface area contributed by atoms with Crippen LogP contribution in [0.25, 0.3) is 5.65 Å². The van der Waals surface area contributed by atoms with Gasteiger partial charge in [0.25, 0.3) is 5.91 Å². The highest BCUT2D eigenvalue weighted by Crippen LogP contribution is 2.18. The van der Waals surface area contributed by atoms with E-state index in [1.54, 1.807) is 10.8 Å². The number of carbonyl (C=O) groups excluding carboxylic acids is 1. The van der Waals surface area contributed by atoms with Gasteiger partial charge in [-0.15, -0.1) is 15.3 Å². The van der Waals surface area contributed by atoms with Crippen molar-refractivity contribution in [3.05, 3.63) is 48.3 Å². The Hall–Kier alpha value is -3.10. The fourth-order valence-electron chi connectivity index (χ4n) is 2.80. The number of aromatic nitrogens is 5. The lowest BCUT2D eigenvalue weighted by Gasteiger charge is -2.17. The van der Waals surface area contributed by atoms with Crippen molar-refractivity contribution >= 4 is 17.4 Å². The van der Waals surface area contributed by atoms with Crippen LogP contribution in [0.5, 0.6) is 0 Å². The molecule has 1 fully saturated rings. The second kappa shape index (κ2) is 5.84. The van der Waals surface area contributed by atoms with E-state index in [1.807, 2.05) is 12.1 Å². The fourth-order valence-corrected chi connectivity index (χ4v) is 2.80. The zero-order valence-corrected chi connectivity index (χ0v) is 12.6. The summed E-state index contributed by atoms with van der Waals surface area (Å²) in [6, 6.07) is 5.02. The molecule has 3 aromatic rings. The summed E-state index contributed by atoms with van der Waals surface area (Å²) in [5.41, 5.74) is 0.684. The predicted molar refractivity (Wildman–Crippen MR) is 83.1 cm³/mol. The average Bonchev–Trinajstić information content (AvgIpc) is 3.23. The van der Waals surface area contributed by atoms with E-state index in [4.69, 9.17) is 0 Å². The van der Waals surface area contributed by atoms with Crippen LogP contribution >= 0.6 is 0 Å². The molecule has 3 aromatic heterocycles. The Kier molecular flexibility index (Phi) is 3.52. The molecule has 1 saturated heterocycles. The summed E-state index contributed by atoms with van der Waals surface area (Å²) in [5, 5.41) is 15.0. The highest BCUT2D eigenvalue weighted by molar-refractivity contribution is 5.94. The van der Waals surface area contributed by atoms with Crippen molar-refractivity contribution in [1.29, 1.82) is 0 Å². The largest absolute Gasteiger partial charge is 0.353 e. The Labute approximate surface area is 136 Å². The maximum absolute atomic E-state index is 13.6. The normalized spacial score (nSPS) is 17.4. The number of carbonyl (C=O) groups is 1. The molecule has 4 rings (SSSR count). The maximum atomic E-state index is 13.6. The number of hydrogen-bond donors (Lipinski definition) is 1. The number of nitrogens with one attached hydrogen (secondary N) is 1. The van der Waals surface area contributed by atoms with E-state index in [1.165, 1.54) is 12.3 Å². The Morgan fingerprint density at radius 1 is 1.33 bits per heavy atom. The number of amides is 1. The molecule has 1 aliphatic heterocycles. The van der Waals surface area contributed by atoms with Crippen LogP contribution in [0.3, 0.4) is 0 Å². The van der Waals surface area contributed by atoms with Crippen LogP contribution in [0.1, 0.15) is 16.8 Å². The van der Waals surface area contributed by atoms with Gasteiger partial charge in [-0.05, 0) is 24.6 Å². The van der Waals surface area contributed by atoms with Gasteiger partial charge in [0, 0.05) is 25.3 Å². The van der Waals surface area contributed by atoms with Gasteiger partial charge in [-0.1, -0.05) is 0 Å². The minimum atomic E-state index is -0.621. The SMILES string of the molecule is O=C(N[C@H]1CCN(c2ccc3nncn3n2)C1)c1ccncc1F. The Morgan fingerprint density at radius 2 is 2.25 bits per heavy atom. The number of pyridine rings is 1. The molecule has 1 aliphatic rings. The number of nitrogens with zero attached hydrogens (tertiary/aromatic N) is 6. The summed E-state index contributed by atoms with van der Waals surface area (Å²) in [5.74, 6) is -0.261. The summed E-state index contributed by atoms with van der Waals surface area (Å²) in [7, 11) is 0. The van der Waals surface area contributed by atoms with Crippen molar-refractivity contribution < 1.29 is 9.18 Å².